The molecule has 156 valence electrons. The summed E-state index contributed by atoms with van der Waals surface area (Å²) in [7, 11) is 1.61. The van der Waals surface area contributed by atoms with Crippen molar-refractivity contribution in [2.45, 2.75) is 25.2 Å². The average Bonchev–Trinajstić information content (AvgIpc) is 3.22. The monoisotopic (exact) mass is 422 g/mol. The summed E-state index contributed by atoms with van der Waals surface area (Å²) < 4.78 is 12.4. The number of aromatic nitrogens is 1. The number of benzene rings is 2. The van der Waals surface area contributed by atoms with Gasteiger partial charge in [0.2, 0.25) is 0 Å². The number of allylic oxidation sites excluding steroid dienone is 1. The van der Waals surface area contributed by atoms with Crippen LogP contribution in [-0.2, 0) is 11.2 Å². The molecule has 1 fully saturated rings. The lowest BCUT2D eigenvalue weighted by Crippen LogP contribution is -2.41. The summed E-state index contributed by atoms with van der Waals surface area (Å²) in [6.07, 6.45) is 4.64. The van der Waals surface area contributed by atoms with Gasteiger partial charge in [-0.05, 0) is 49.1 Å². The van der Waals surface area contributed by atoms with Crippen molar-refractivity contribution in [3.05, 3.63) is 65.7 Å². The Balaban J connectivity index is 1.39. The van der Waals surface area contributed by atoms with Crippen LogP contribution in [0.4, 0.5) is 0 Å². The maximum Gasteiger partial charge on any atom is 0.260 e. The molecule has 0 bridgehead atoms. The highest BCUT2D eigenvalue weighted by Gasteiger charge is 2.27. The van der Waals surface area contributed by atoms with E-state index in [9.17, 15) is 4.79 Å². The summed E-state index contributed by atoms with van der Waals surface area (Å²) in [5.74, 6) is 1.50. The first-order valence-electron chi connectivity index (χ1n) is 10.2. The Morgan fingerprint density at radius 2 is 2.17 bits per heavy atom. The third-order valence-electron chi connectivity index (χ3n) is 5.39. The first-order chi connectivity index (χ1) is 14.7. The second kappa shape index (κ2) is 9.30. The van der Waals surface area contributed by atoms with E-state index in [-0.39, 0.29) is 18.4 Å². The zero-order valence-corrected chi connectivity index (χ0v) is 18.0. The molecule has 2 aromatic carbocycles. The SMILES string of the molecule is C=CCc1ccc(OCC(=O)N2CCCC(c3nc4ccccc4s3)C2)c(OC)c1. The molecule has 30 heavy (non-hydrogen) atoms. The summed E-state index contributed by atoms with van der Waals surface area (Å²) in [5, 5.41) is 1.12. The van der Waals surface area contributed by atoms with Gasteiger partial charge in [-0.25, -0.2) is 4.98 Å². The molecule has 1 amide bonds. The lowest BCUT2D eigenvalue weighted by Gasteiger charge is -2.31. The summed E-state index contributed by atoms with van der Waals surface area (Å²) in [6.45, 7) is 5.22. The Morgan fingerprint density at radius 3 is 2.97 bits per heavy atom. The van der Waals surface area contributed by atoms with Crippen molar-refractivity contribution in [3.8, 4) is 11.5 Å². The van der Waals surface area contributed by atoms with Crippen molar-refractivity contribution in [1.82, 2.24) is 9.88 Å². The maximum absolute atomic E-state index is 12.8. The van der Waals surface area contributed by atoms with Crippen LogP contribution in [-0.4, -0.2) is 42.6 Å². The number of likely N-dealkylation sites (tertiary alicyclic amines) is 1. The quantitative estimate of drug-likeness (QED) is 0.512. The minimum Gasteiger partial charge on any atom is -0.493 e. The third-order valence-corrected chi connectivity index (χ3v) is 6.59. The zero-order chi connectivity index (χ0) is 20.9. The Bertz CT molecular complexity index is 1010. The molecular weight excluding hydrogens is 396 g/mol. The standard InChI is InChI=1S/C24H26N2O3S/c1-3-7-17-11-12-20(21(14-17)28-2)29-16-23(27)26-13-6-8-18(15-26)24-25-19-9-4-5-10-22(19)30-24/h3-5,9-12,14,18H,1,6-8,13,15-16H2,2H3. The molecule has 3 aromatic rings. The van der Waals surface area contributed by atoms with Gasteiger partial charge < -0.3 is 14.4 Å². The third kappa shape index (κ3) is 4.49. The molecule has 0 aliphatic carbocycles. The lowest BCUT2D eigenvalue weighted by molar-refractivity contribution is -0.134. The van der Waals surface area contributed by atoms with Crippen LogP contribution in [0.5, 0.6) is 11.5 Å². The molecular formula is C24H26N2O3S. The van der Waals surface area contributed by atoms with Gasteiger partial charge in [0.25, 0.3) is 5.91 Å². The lowest BCUT2D eigenvalue weighted by atomic mass is 9.99. The molecule has 0 saturated carbocycles. The van der Waals surface area contributed by atoms with Crippen molar-refractivity contribution in [2.24, 2.45) is 0 Å². The maximum atomic E-state index is 12.8. The Morgan fingerprint density at radius 1 is 1.30 bits per heavy atom. The molecule has 2 heterocycles. The Hall–Kier alpha value is -2.86. The van der Waals surface area contributed by atoms with E-state index in [0.717, 1.165) is 41.9 Å². The Kier molecular flexibility index (Phi) is 6.33. The number of methoxy groups -OCH3 is 1. The number of nitrogens with zero attached hydrogens (tertiary/aromatic N) is 2. The van der Waals surface area contributed by atoms with Gasteiger partial charge in [-0.3, -0.25) is 4.79 Å². The fourth-order valence-corrected chi connectivity index (χ4v) is 4.92. The number of hydrogen-bond donors (Lipinski definition) is 0. The molecule has 6 heteroatoms. The van der Waals surface area contributed by atoms with Gasteiger partial charge in [-0.15, -0.1) is 17.9 Å². The highest BCUT2D eigenvalue weighted by Crippen LogP contribution is 2.33. The summed E-state index contributed by atoms with van der Waals surface area (Å²) >= 11 is 1.73. The molecule has 0 N–H and O–H groups in total. The topological polar surface area (TPSA) is 51.7 Å². The molecule has 1 aliphatic rings. The average molecular weight is 423 g/mol. The predicted molar refractivity (Wildman–Crippen MR) is 121 cm³/mol. The van der Waals surface area contributed by atoms with Gasteiger partial charge in [0.15, 0.2) is 18.1 Å². The minimum absolute atomic E-state index is 0.00182. The molecule has 4 rings (SSSR count). The van der Waals surface area contributed by atoms with Crippen molar-refractivity contribution in [2.75, 3.05) is 26.8 Å². The van der Waals surface area contributed by atoms with E-state index in [1.807, 2.05) is 47.4 Å². The van der Waals surface area contributed by atoms with Crippen molar-refractivity contribution in [1.29, 1.82) is 0 Å². The number of hydrogen-bond acceptors (Lipinski definition) is 5. The van der Waals surface area contributed by atoms with Gasteiger partial charge in [0.05, 0.1) is 22.3 Å². The van der Waals surface area contributed by atoms with Crippen LogP contribution in [0.2, 0.25) is 0 Å². The second-order valence-corrected chi connectivity index (χ2v) is 8.53. The van der Waals surface area contributed by atoms with Crippen LogP contribution in [0.3, 0.4) is 0 Å². The van der Waals surface area contributed by atoms with Gasteiger partial charge in [-0.2, -0.15) is 0 Å². The molecule has 1 aliphatic heterocycles. The number of thiazole rings is 1. The molecule has 0 spiro atoms. The molecule has 1 atom stereocenters. The largest absolute Gasteiger partial charge is 0.493 e. The summed E-state index contributed by atoms with van der Waals surface area (Å²) in [4.78, 5) is 19.5. The van der Waals surface area contributed by atoms with Crippen LogP contribution in [0.1, 0.15) is 29.3 Å². The van der Waals surface area contributed by atoms with Crippen molar-refractivity contribution in [3.63, 3.8) is 0 Å². The van der Waals surface area contributed by atoms with Gasteiger partial charge >= 0.3 is 0 Å². The molecule has 0 radical (unpaired) electrons. The summed E-state index contributed by atoms with van der Waals surface area (Å²) in [6, 6.07) is 13.9. The molecule has 5 nitrogen and oxygen atoms in total. The number of para-hydroxylation sites is 1. The van der Waals surface area contributed by atoms with Crippen LogP contribution in [0.15, 0.2) is 55.1 Å². The van der Waals surface area contributed by atoms with Crippen LogP contribution in [0, 0.1) is 0 Å². The summed E-state index contributed by atoms with van der Waals surface area (Å²) in [5.41, 5.74) is 2.13. The number of piperidine rings is 1. The smallest absolute Gasteiger partial charge is 0.260 e. The zero-order valence-electron chi connectivity index (χ0n) is 17.2. The van der Waals surface area contributed by atoms with E-state index in [1.54, 1.807) is 18.4 Å². The van der Waals surface area contributed by atoms with Gasteiger partial charge in [0.1, 0.15) is 0 Å². The van der Waals surface area contributed by atoms with Crippen molar-refractivity contribution >= 4 is 27.5 Å². The van der Waals surface area contributed by atoms with E-state index < -0.39 is 0 Å². The molecule has 1 aromatic heterocycles. The van der Waals surface area contributed by atoms with E-state index in [2.05, 4.69) is 12.6 Å². The van der Waals surface area contributed by atoms with E-state index in [4.69, 9.17) is 14.5 Å². The molecule has 1 saturated heterocycles. The highest BCUT2D eigenvalue weighted by molar-refractivity contribution is 7.18. The number of rotatable bonds is 7. The van der Waals surface area contributed by atoms with Crippen molar-refractivity contribution < 1.29 is 14.3 Å². The normalized spacial score (nSPS) is 16.4. The predicted octanol–water partition coefficient (Wildman–Crippen LogP) is 4.82. The van der Waals surface area contributed by atoms with E-state index in [0.29, 0.717) is 18.0 Å². The van der Waals surface area contributed by atoms with Crippen LogP contribution >= 0.6 is 11.3 Å². The second-order valence-electron chi connectivity index (χ2n) is 7.47. The number of carbonyl (C=O) groups is 1. The van der Waals surface area contributed by atoms with Gasteiger partial charge in [0, 0.05) is 19.0 Å². The minimum atomic E-state index is -0.00182. The highest BCUT2D eigenvalue weighted by atomic mass is 32.1. The number of fused-ring (bicyclic) bond motifs is 1. The number of ether oxygens (including phenoxy) is 2. The first-order valence-corrected chi connectivity index (χ1v) is 11.0. The Labute approximate surface area is 180 Å². The van der Waals surface area contributed by atoms with Crippen LogP contribution < -0.4 is 9.47 Å². The van der Waals surface area contributed by atoms with Gasteiger partial charge in [-0.1, -0.05) is 24.3 Å². The fraction of sp³-hybridized carbons (Fsp3) is 0.333. The number of carbonyl (C=O) groups excluding carboxylic acids is 1. The van der Waals surface area contributed by atoms with E-state index >= 15 is 0 Å². The molecule has 1 unspecified atom stereocenters. The van der Waals surface area contributed by atoms with E-state index in [1.165, 1.54) is 4.70 Å². The fourth-order valence-electron chi connectivity index (χ4n) is 3.83. The number of amides is 1. The van der Waals surface area contributed by atoms with Crippen LogP contribution in [0.25, 0.3) is 10.2 Å². The first kappa shape index (κ1) is 20.4.